The lowest BCUT2D eigenvalue weighted by Crippen LogP contribution is -2.27. The maximum atomic E-state index is 13.8. The lowest BCUT2D eigenvalue weighted by molar-refractivity contribution is 0.0711. The molecule has 4 aromatic carbocycles. The van der Waals surface area contributed by atoms with Gasteiger partial charge in [0.15, 0.2) is 0 Å². The second-order valence-corrected chi connectivity index (χ2v) is 10.4. The highest BCUT2D eigenvalue weighted by molar-refractivity contribution is 9.10. The Bertz CT molecular complexity index is 1700. The number of aryl methyl sites for hydroxylation is 1. The first kappa shape index (κ1) is 25.0. The van der Waals surface area contributed by atoms with Crippen LogP contribution in [-0.2, 0) is 0 Å². The zero-order chi connectivity index (χ0) is 26.9. The van der Waals surface area contributed by atoms with Gasteiger partial charge >= 0.3 is 0 Å². The van der Waals surface area contributed by atoms with E-state index in [1.807, 2.05) is 91.9 Å². The molecule has 1 amide bonds. The number of methoxy groups -OCH3 is 1. The van der Waals surface area contributed by atoms with Crippen LogP contribution >= 0.6 is 15.9 Å². The number of halogens is 1. The van der Waals surface area contributed by atoms with Gasteiger partial charge in [0.25, 0.3) is 5.91 Å². The molecule has 1 aliphatic heterocycles. The summed E-state index contributed by atoms with van der Waals surface area (Å²) in [4.78, 5) is 18.8. The molecule has 0 aliphatic carbocycles. The number of benzene rings is 4. The molecule has 6 heteroatoms. The summed E-state index contributed by atoms with van der Waals surface area (Å²) in [6.45, 7) is 2.02. The second-order valence-electron chi connectivity index (χ2n) is 9.53. The summed E-state index contributed by atoms with van der Waals surface area (Å²) in [7, 11) is 1.65. The fraction of sp³-hybridized carbons (Fsp3) is 0.121. The zero-order valence-corrected chi connectivity index (χ0v) is 23.2. The van der Waals surface area contributed by atoms with E-state index in [1.165, 1.54) is 0 Å². The van der Waals surface area contributed by atoms with Crippen molar-refractivity contribution in [3.63, 3.8) is 0 Å². The average molecular weight is 576 g/mol. The Labute approximate surface area is 235 Å². The van der Waals surface area contributed by atoms with Gasteiger partial charge in [0.1, 0.15) is 5.75 Å². The van der Waals surface area contributed by atoms with Crippen LogP contribution in [0.1, 0.15) is 39.6 Å². The van der Waals surface area contributed by atoms with Gasteiger partial charge in [-0.3, -0.25) is 9.78 Å². The predicted octanol–water partition coefficient (Wildman–Crippen LogP) is 7.97. The first-order valence-corrected chi connectivity index (χ1v) is 13.6. The van der Waals surface area contributed by atoms with Crippen LogP contribution in [0.2, 0.25) is 0 Å². The predicted molar refractivity (Wildman–Crippen MR) is 159 cm³/mol. The molecule has 0 saturated carbocycles. The minimum absolute atomic E-state index is 0.137. The molecule has 192 valence electrons. The summed E-state index contributed by atoms with van der Waals surface area (Å²) in [5.41, 5.74) is 7.35. The van der Waals surface area contributed by atoms with E-state index in [0.717, 1.165) is 54.8 Å². The summed E-state index contributed by atoms with van der Waals surface area (Å²) >= 11 is 3.65. The number of pyridine rings is 1. The first-order chi connectivity index (χ1) is 19.0. The molecule has 1 aliphatic rings. The fourth-order valence-electron chi connectivity index (χ4n) is 5.26. The largest absolute Gasteiger partial charge is 0.497 e. The fourth-order valence-corrected chi connectivity index (χ4v) is 5.62. The third-order valence-electron chi connectivity index (χ3n) is 7.12. The number of rotatable bonds is 5. The number of aromatic nitrogens is 1. The molecular weight excluding hydrogens is 550 g/mol. The van der Waals surface area contributed by atoms with Crippen molar-refractivity contribution in [2.45, 2.75) is 19.4 Å². The molecule has 5 aromatic rings. The lowest BCUT2D eigenvalue weighted by atomic mass is 9.89. The van der Waals surface area contributed by atoms with Crippen LogP contribution in [0.3, 0.4) is 0 Å². The smallest absolute Gasteiger partial charge is 0.274 e. The quantitative estimate of drug-likeness (QED) is 0.213. The Morgan fingerprint density at radius 1 is 0.897 bits per heavy atom. The van der Waals surface area contributed by atoms with E-state index in [0.29, 0.717) is 12.0 Å². The molecule has 2 heterocycles. The van der Waals surface area contributed by atoms with Gasteiger partial charge in [0, 0.05) is 38.7 Å². The van der Waals surface area contributed by atoms with Gasteiger partial charge in [0.2, 0.25) is 0 Å². The average Bonchev–Trinajstić information content (AvgIpc) is 3.42. The highest BCUT2D eigenvalue weighted by Crippen LogP contribution is 2.40. The molecule has 0 spiro atoms. The monoisotopic (exact) mass is 575 g/mol. The van der Waals surface area contributed by atoms with Crippen LogP contribution in [0.25, 0.3) is 22.0 Å². The molecule has 0 bridgehead atoms. The van der Waals surface area contributed by atoms with Crippen molar-refractivity contribution in [1.82, 2.24) is 9.99 Å². The van der Waals surface area contributed by atoms with Gasteiger partial charge in [-0.15, -0.1) is 0 Å². The molecular formula is C33H26BrN3O2. The number of hydrogen-bond acceptors (Lipinski definition) is 4. The SMILES string of the molecule is COc1ccc([C@H]2CC(c3c(C)nc4ccc(Br)cc4c3-c3ccccc3)=NN2C(=O)c2ccccc2)cc1. The van der Waals surface area contributed by atoms with E-state index in [4.69, 9.17) is 14.8 Å². The van der Waals surface area contributed by atoms with Crippen molar-refractivity contribution in [2.24, 2.45) is 5.10 Å². The second kappa shape index (κ2) is 10.5. The summed E-state index contributed by atoms with van der Waals surface area (Å²) in [5.74, 6) is 0.632. The number of carbonyl (C=O) groups excluding carboxylic acids is 1. The van der Waals surface area contributed by atoms with Crippen LogP contribution in [0, 0.1) is 6.92 Å². The standard InChI is InChI=1S/C33H26BrN3O2/c1-21-31(32(23-9-5-3-6-10-23)27-19-25(34)15-18-28(27)35-21)29-20-30(22-13-16-26(39-2)17-14-22)37(36-29)33(38)24-11-7-4-8-12-24/h3-19,30H,20H2,1-2H3/t30-/m1/s1. The normalized spacial score (nSPS) is 14.9. The molecule has 39 heavy (non-hydrogen) atoms. The van der Waals surface area contributed by atoms with Gasteiger partial charge < -0.3 is 4.74 Å². The van der Waals surface area contributed by atoms with Gasteiger partial charge in [-0.05, 0) is 60.5 Å². The molecule has 6 rings (SSSR count). The van der Waals surface area contributed by atoms with Crippen molar-refractivity contribution < 1.29 is 9.53 Å². The third-order valence-corrected chi connectivity index (χ3v) is 7.61. The summed E-state index contributed by atoms with van der Waals surface area (Å²) < 4.78 is 6.36. The Balaban J connectivity index is 1.55. The van der Waals surface area contributed by atoms with Crippen molar-refractivity contribution in [2.75, 3.05) is 7.11 Å². The Kier molecular flexibility index (Phi) is 6.71. The van der Waals surface area contributed by atoms with E-state index in [1.54, 1.807) is 12.1 Å². The minimum atomic E-state index is -0.264. The molecule has 0 N–H and O–H groups in total. The van der Waals surface area contributed by atoms with E-state index in [9.17, 15) is 4.79 Å². The summed E-state index contributed by atoms with van der Waals surface area (Å²) in [6.07, 6.45) is 0.562. The van der Waals surface area contributed by atoms with Crippen LogP contribution in [0.4, 0.5) is 0 Å². The number of hydrazone groups is 1. The molecule has 5 nitrogen and oxygen atoms in total. The van der Waals surface area contributed by atoms with Gasteiger partial charge in [-0.1, -0.05) is 76.6 Å². The third kappa shape index (κ3) is 4.72. The Morgan fingerprint density at radius 2 is 1.59 bits per heavy atom. The summed E-state index contributed by atoms with van der Waals surface area (Å²) in [5, 5.41) is 7.69. The van der Waals surface area contributed by atoms with Crippen molar-refractivity contribution in [3.05, 3.63) is 130 Å². The van der Waals surface area contributed by atoms with Crippen molar-refractivity contribution in [3.8, 4) is 16.9 Å². The number of amides is 1. The molecule has 0 saturated heterocycles. The van der Waals surface area contributed by atoms with Gasteiger partial charge in [-0.25, -0.2) is 5.01 Å². The Hall–Kier alpha value is -4.29. The highest BCUT2D eigenvalue weighted by atomic mass is 79.9. The van der Waals surface area contributed by atoms with E-state index in [2.05, 4.69) is 34.1 Å². The molecule has 0 radical (unpaired) electrons. The van der Waals surface area contributed by atoms with Crippen LogP contribution in [0.5, 0.6) is 5.75 Å². The number of ether oxygens (including phenoxy) is 1. The summed E-state index contributed by atoms with van der Waals surface area (Å²) in [6, 6.07) is 33.4. The first-order valence-electron chi connectivity index (χ1n) is 12.8. The Morgan fingerprint density at radius 3 is 2.28 bits per heavy atom. The molecule has 1 atom stereocenters. The van der Waals surface area contributed by atoms with Gasteiger partial charge in [-0.2, -0.15) is 5.10 Å². The van der Waals surface area contributed by atoms with Crippen LogP contribution < -0.4 is 4.74 Å². The van der Waals surface area contributed by atoms with E-state index < -0.39 is 0 Å². The van der Waals surface area contributed by atoms with E-state index in [-0.39, 0.29) is 11.9 Å². The van der Waals surface area contributed by atoms with Gasteiger partial charge in [0.05, 0.1) is 24.4 Å². The van der Waals surface area contributed by atoms with E-state index >= 15 is 0 Å². The maximum absolute atomic E-state index is 13.8. The molecule has 0 fully saturated rings. The minimum Gasteiger partial charge on any atom is -0.497 e. The van der Waals surface area contributed by atoms with Crippen LogP contribution in [0.15, 0.2) is 113 Å². The topological polar surface area (TPSA) is 54.8 Å². The molecule has 1 aromatic heterocycles. The number of carbonyl (C=O) groups is 1. The van der Waals surface area contributed by atoms with Crippen LogP contribution in [-0.4, -0.2) is 28.7 Å². The highest BCUT2D eigenvalue weighted by Gasteiger charge is 2.35. The lowest BCUT2D eigenvalue weighted by Gasteiger charge is -2.22. The maximum Gasteiger partial charge on any atom is 0.274 e. The number of fused-ring (bicyclic) bond motifs is 1. The zero-order valence-electron chi connectivity index (χ0n) is 21.6. The number of nitrogens with zero attached hydrogens (tertiary/aromatic N) is 3. The van der Waals surface area contributed by atoms with Crippen molar-refractivity contribution in [1.29, 1.82) is 0 Å². The number of hydrogen-bond donors (Lipinski definition) is 0. The van der Waals surface area contributed by atoms with Crippen molar-refractivity contribution >= 4 is 38.5 Å². The molecule has 0 unspecified atom stereocenters.